The molecule has 0 aliphatic rings. The Kier molecular flexibility index (Phi) is 6.60. The highest BCUT2D eigenvalue weighted by molar-refractivity contribution is 5.23. The zero-order chi connectivity index (χ0) is 11.6. The molecule has 1 aromatic heterocycles. The molecule has 0 radical (unpaired) electrons. The van der Waals surface area contributed by atoms with Gasteiger partial charge in [0.2, 0.25) is 0 Å². The minimum absolute atomic E-state index is 0.564. The molecule has 0 amide bonds. The van der Waals surface area contributed by atoms with Crippen LogP contribution in [0.1, 0.15) is 19.8 Å². The number of nitrogen functional groups attached to an aromatic ring is 1. The molecule has 0 aromatic carbocycles. The Morgan fingerprint density at radius 1 is 1.25 bits per heavy atom. The molecule has 5 heteroatoms. The molecule has 0 spiro atoms. The van der Waals surface area contributed by atoms with Gasteiger partial charge in [0, 0.05) is 26.0 Å². The summed E-state index contributed by atoms with van der Waals surface area (Å²) in [6, 6.07) is 1.79. The van der Waals surface area contributed by atoms with Gasteiger partial charge in [-0.25, -0.2) is 0 Å². The fraction of sp³-hybridized carbons (Fsp3) is 0.727. The van der Waals surface area contributed by atoms with Gasteiger partial charge < -0.3 is 15.2 Å². The summed E-state index contributed by atoms with van der Waals surface area (Å²) < 4.78 is 12.5. The van der Waals surface area contributed by atoms with Crippen molar-refractivity contribution in [2.45, 2.75) is 26.3 Å². The third-order valence-corrected chi connectivity index (χ3v) is 2.06. The van der Waals surface area contributed by atoms with Crippen LogP contribution in [0.4, 0.5) is 5.82 Å². The first-order valence-electron chi connectivity index (χ1n) is 5.77. The van der Waals surface area contributed by atoms with E-state index >= 15 is 0 Å². The summed E-state index contributed by atoms with van der Waals surface area (Å²) in [4.78, 5) is 0. The molecule has 0 saturated carbocycles. The van der Waals surface area contributed by atoms with E-state index in [1.165, 1.54) is 0 Å². The van der Waals surface area contributed by atoms with Gasteiger partial charge in [0.05, 0.1) is 13.2 Å². The maximum Gasteiger partial charge on any atom is 0.145 e. The first-order valence-corrected chi connectivity index (χ1v) is 5.77. The Bertz CT molecular complexity index is 276. The fourth-order valence-electron chi connectivity index (χ4n) is 1.30. The normalized spacial score (nSPS) is 10.8. The van der Waals surface area contributed by atoms with Crippen molar-refractivity contribution >= 4 is 5.82 Å². The van der Waals surface area contributed by atoms with Crippen LogP contribution in [-0.4, -0.2) is 36.2 Å². The molecule has 0 atom stereocenters. The molecule has 5 nitrogen and oxygen atoms in total. The minimum atomic E-state index is 0.564. The summed E-state index contributed by atoms with van der Waals surface area (Å²) in [6.45, 7) is 5.83. The van der Waals surface area contributed by atoms with E-state index in [-0.39, 0.29) is 0 Å². The van der Waals surface area contributed by atoms with Gasteiger partial charge in [0.15, 0.2) is 0 Å². The number of aryl methyl sites for hydroxylation is 1. The molecular formula is C11H21N3O2. The number of hydrogen-bond acceptors (Lipinski definition) is 4. The van der Waals surface area contributed by atoms with Gasteiger partial charge in [0.1, 0.15) is 5.82 Å². The van der Waals surface area contributed by atoms with Gasteiger partial charge >= 0.3 is 0 Å². The Morgan fingerprint density at radius 3 is 2.62 bits per heavy atom. The fourth-order valence-corrected chi connectivity index (χ4v) is 1.30. The van der Waals surface area contributed by atoms with Gasteiger partial charge in [-0.3, -0.25) is 4.68 Å². The van der Waals surface area contributed by atoms with E-state index in [4.69, 9.17) is 15.2 Å². The van der Waals surface area contributed by atoms with Gasteiger partial charge in [-0.05, 0) is 18.9 Å². The van der Waals surface area contributed by atoms with Crippen LogP contribution in [0.5, 0.6) is 0 Å². The Balaban J connectivity index is 1.88. The third-order valence-electron chi connectivity index (χ3n) is 2.06. The molecule has 0 saturated heterocycles. The van der Waals surface area contributed by atoms with E-state index in [0.717, 1.165) is 32.6 Å². The van der Waals surface area contributed by atoms with Crippen LogP contribution in [0.3, 0.4) is 0 Å². The zero-order valence-corrected chi connectivity index (χ0v) is 9.89. The average molecular weight is 227 g/mol. The Morgan fingerprint density at radius 2 is 2.00 bits per heavy atom. The summed E-state index contributed by atoms with van der Waals surface area (Å²) >= 11 is 0. The highest BCUT2D eigenvalue weighted by Gasteiger charge is 1.94. The molecule has 1 heterocycles. The van der Waals surface area contributed by atoms with Crippen molar-refractivity contribution < 1.29 is 9.47 Å². The number of nitrogens with zero attached hydrogens (tertiary/aromatic N) is 2. The van der Waals surface area contributed by atoms with Crippen molar-refractivity contribution in [3.05, 3.63) is 12.3 Å². The van der Waals surface area contributed by atoms with Crippen molar-refractivity contribution in [1.82, 2.24) is 9.78 Å². The lowest BCUT2D eigenvalue weighted by molar-refractivity contribution is 0.0459. The molecule has 2 N–H and O–H groups in total. The second-order valence-electron chi connectivity index (χ2n) is 3.58. The van der Waals surface area contributed by atoms with E-state index < -0.39 is 0 Å². The third kappa shape index (κ3) is 5.72. The molecule has 0 unspecified atom stereocenters. The van der Waals surface area contributed by atoms with E-state index in [2.05, 4.69) is 12.0 Å². The monoisotopic (exact) mass is 227 g/mol. The highest BCUT2D eigenvalue weighted by Crippen LogP contribution is 1.97. The van der Waals surface area contributed by atoms with Crippen LogP contribution in [0, 0.1) is 0 Å². The molecule has 1 aromatic rings. The highest BCUT2D eigenvalue weighted by atomic mass is 16.5. The summed E-state index contributed by atoms with van der Waals surface area (Å²) in [5.41, 5.74) is 5.50. The maximum atomic E-state index is 5.50. The van der Waals surface area contributed by atoms with E-state index in [0.29, 0.717) is 19.0 Å². The van der Waals surface area contributed by atoms with Crippen LogP contribution in [0.15, 0.2) is 12.3 Å². The van der Waals surface area contributed by atoms with E-state index in [1.54, 1.807) is 6.07 Å². The molecule has 92 valence electrons. The minimum Gasteiger partial charge on any atom is -0.382 e. The predicted molar refractivity (Wildman–Crippen MR) is 63.2 cm³/mol. The van der Waals surface area contributed by atoms with Crippen LogP contribution in [-0.2, 0) is 16.0 Å². The average Bonchev–Trinajstić information content (AvgIpc) is 2.68. The van der Waals surface area contributed by atoms with Crippen molar-refractivity contribution in [1.29, 1.82) is 0 Å². The molecule has 0 aliphatic carbocycles. The van der Waals surface area contributed by atoms with Crippen molar-refractivity contribution in [2.24, 2.45) is 0 Å². The van der Waals surface area contributed by atoms with Crippen LogP contribution in [0.25, 0.3) is 0 Å². The van der Waals surface area contributed by atoms with E-state index in [9.17, 15) is 0 Å². The second-order valence-corrected chi connectivity index (χ2v) is 3.58. The number of nitrogens with two attached hydrogens (primary N) is 1. The maximum absolute atomic E-state index is 5.50. The summed E-state index contributed by atoms with van der Waals surface area (Å²) in [5, 5.41) is 4.08. The van der Waals surface area contributed by atoms with Gasteiger partial charge in [-0.2, -0.15) is 5.10 Å². The lowest BCUT2D eigenvalue weighted by Crippen LogP contribution is -2.08. The summed E-state index contributed by atoms with van der Waals surface area (Å²) in [5.74, 6) is 0.564. The lowest BCUT2D eigenvalue weighted by atomic mass is 10.4. The molecule has 0 aliphatic heterocycles. The first kappa shape index (κ1) is 13.0. The zero-order valence-electron chi connectivity index (χ0n) is 9.89. The second kappa shape index (κ2) is 8.13. The standard InChI is InChI=1S/C11H21N3O2/c1-2-7-15-9-10-16-8-3-5-14-6-4-11(12)13-14/h4,6H,2-3,5,7-10H2,1H3,(H2,12,13). The predicted octanol–water partition coefficient (Wildman–Crippen LogP) is 1.30. The van der Waals surface area contributed by atoms with Crippen molar-refractivity contribution in [3.8, 4) is 0 Å². The summed E-state index contributed by atoms with van der Waals surface area (Å²) in [6.07, 6.45) is 3.87. The quantitative estimate of drug-likeness (QED) is 0.646. The molecule has 0 fully saturated rings. The van der Waals surface area contributed by atoms with Gasteiger partial charge in [-0.1, -0.05) is 6.92 Å². The van der Waals surface area contributed by atoms with Crippen LogP contribution >= 0.6 is 0 Å². The van der Waals surface area contributed by atoms with E-state index in [1.807, 2.05) is 10.9 Å². The number of anilines is 1. The van der Waals surface area contributed by atoms with Crippen LogP contribution < -0.4 is 5.73 Å². The SMILES string of the molecule is CCCOCCOCCCn1ccc(N)n1. The largest absolute Gasteiger partial charge is 0.382 e. The molecular weight excluding hydrogens is 206 g/mol. The van der Waals surface area contributed by atoms with Gasteiger partial charge in [-0.15, -0.1) is 0 Å². The number of ether oxygens (including phenoxy) is 2. The number of rotatable bonds is 9. The number of hydrogen-bond donors (Lipinski definition) is 1. The van der Waals surface area contributed by atoms with Gasteiger partial charge in [0.25, 0.3) is 0 Å². The Labute approximate surface area is 96.5 Å². The molecule has 1 rings (SSSR count). The first-order chi connectivity index (χ1) is 7.83. The summed E-state index contributed by atoms with van der Waals surface area (Å²) in [7, 11) is 0. The smallest absolute Gasteiger partial charge is 0.145 e. The molecule has 0 bridgehead atoms. The van der Waals surface area contributed by atoms with Crippen molar-refractivity contribution in [3.63, 3.8) is 0 Å². The topological polar surface area (TPSA) is 62.3 Å². The Hall–Kier alpha value is -1.07. The number of aromatic nitrogens is 2. The molecule has 16 heavy (non-hydrogen) atoms. The van der Waals surface area contributed by atoms with Crippen molar-refractivity contribution in [2.75, 3.05) is 32.2 Å². The lowest BCUT2D eigenvalue weighted by Gasteiger charge is -2.05. The van der Waals surface area contributed by atoms with Crippen LogP contribution in [0.2, 0.25) is 0 Å².